The molecule has 1 aromatic carbocycles. The van der Waals surface area contributed by atoms with Crippen LogP contribution in [0.1, 0.15) is 41.0 Å². The monoisotopic (exact) mass is 393 g/mol. The Hall–Kier alpha value is -3.30. The van der Waals surface area contributed by atoms with Crippen LogP contribution in [-0.4, -0.2) is 35.6 Å². The van der Waals surface area contributed by atoms with Gasteiger partial charge in [-0.05, 0) is 30.9 Å². The van der Waals surface area contributed by atoms with E-state index >= 15 is 0 Å². The molecule has 0 bridgehead atoms. The van der Waals surface area contributed by atoms with Gasteiger partial charge in [-0.1, -0.05) is 6.92 Å². The molecule has 10 heteroatoms. The molecule has 4 N–H and O–H groups in total. The van der Waals surface area contributed by atoms with Crippen molar-refractivity contribution >= 4 is 17.6 Å². The van der Waals surface area contributed by atoms with Gasteiger partial charge in [-0.15, -0.1) is 0 Å². The van der Waals surface area contributed by atoms with Gasteiger partial charge in [0.15, 0.2) is 11.6 Å². The normalized spacial score (nSPS) is 11.6. The maximum Gasteiger partial charge on any atom is 0.278 e. The van der Waals surface area contributed by atoms with E-state index in [4.69, 9.17) is 20.6 Å². The quantitative estimate of drug-likeness (QED) is 0.491. The number of aryl methyl sites for hydroxylation is 1. The lowest BCUT2D eigenvalue weighted by molar-refractivity contribution is 0.102. The number of nitrogens with one attached hydrogen (secondary N) is 2. The van der Waals surface area contributed by atoms with Crippen LogP contribution in [0.2, 0.25) is 0 Å². The van der Waals surface area contributed by atoms with E-state index in [0.717, 1.165) is 6.07 Å². The second kappa shape index (κ2) is 9.07. The van der Waals surface area contributed by atoms with Crippen LogP contribution in [0, 0.1) is 24.0 Å². The number of rotatable bonds is 7. The van der Waals surface area contributed by atoms with Crippen molar-refractivity contribution in [3.8, 4) is 5.88 Å². The number of ether oxygens (including phenoxy) is 2. The Labute approximate surface area is 160 Å². The predicted octanol–water partition coefficient (Wildman–Crippen LogP) is 2.73. The average molecular weight is 393 g/mol. The zero-order chi connectivity index (χ0) is 20.8. The molecule has 1 heterocycles. The second-order valence-electron chi connectivity index (χ2n) is 6.06. The number of anilines is 1. The van der Waals surface area contributed by atoms with Crippen LogP contribution in [0.4, 0.5) is 14.5 Å². The number of hydrogen-bond donors (Lipinski definition) is 3. The van der Waals surface area contributed by atoms with Crippen molar-refractivity contribution in [2.45, 2.75) is 26.2 Å². The third kappa shape index (κ3) is 5.12. The van der Waals surface area contributed by atoms with E-state index in [-0.39, 0.29) is 29.4 Å². The molecule has 28 heavy (non-hydrogen) atoms. The highest BCUT2D eigenvalue weighted by Crippen LogP contribution is 2.28. The van der Waals surface area contributed by atoms with E-state index in [9.17, 15) is 13.6 Å². The van der Waals surface area contributed by atoms with Crippen LogP contribution in [0.5, 0.6) is 5.88 Å². The molecule has 0 radical (unpaired) electrons. The third-order valence-electron chi connectivity index (χ3n) is 4.00. The van der Waals surface area contributed by atoms with Crippen LogP contribution >= 0.6 is 0 Å². The summed E-state index contributed by atoms with van der Waals surface area (Å²) in [5, 5.41) is 9.51. The molecular weight excluding hydrogens is 372 g/mol. The molecule has 0 saturated heterocycles. The van der Waals surface area contributed by atoms with Gasteiger partial charge in [0.2, 0.25) is 5.88 Å². The van der Waals surface area contributed by atoms with Gasteiger partial charge >= 0.3 is 0 Å². The lowest BCUT2D eigenvalue weighted by Gasteiger charge is -2.16. The largest absolute Gasteiger partial charge is 0.480 e. The number of benzene rings is 1. The highest BCUT2D eigenvalue weighted by molar-refractivity contribution is 6.03. The van der Waals surface area contributed by atoms with Crippen molar-refractivity contribution in [1.82, 2.24) is 9.97 Å². The molecule has 1 aromatic heterocycles. The minimum Gasteiger partial charge on any atom is -0.480 e. The fraction of sp³-hybridized carbons (Fsp3) is 0.333. The van der Waals surface area contributed by atoms with Crippen molar-refractivity contribution in [3.05, 3.63) is 46.9 Å². The highest BCUT2D eigenvalue weighted by Gasteiger charge is 2.19. The van der Waals surface area contributed by atoms with Gasteiger partial charge in [0.25, 0.3) is 11.9 Å². The molecule has 1 atom stereocenters. The number of carbonyl (C=O) groups excluding carboxylic acids is 1. The van der Waals surface area contributed by atoms with Crippen molar-refractivity contribution in [2.75, 3.05) is 19.0 Å². The molecule has 0 fully saturated rings. The SMILES string of the molecule is COc1cnc(C(=O)Nc2cc(F)c(F)c([C@H](C)CCOC(=N)N)c2)c(C)n1. The van der Waals surface area contributed by atoms with E-state index < -0.39 is 29.5 Å². The molecule has 8 nitrogen and oxygen atoms in total. The molecule has 0 unspecified atom stereocenters. The van der Waals surface area contributed by atoms with Gasteiger partial charge in [-0.3, -0.25) is 10.2 Å². The number of halogens is 2. The molecule has 0 aliphatic rings. The van der Waals surface area contributed by atoms with Gasteiger partial charge in [0, 0.05) is 11.8 Å². The highest BCUT2D eigenvalue weighted by atomic mass is 19.2. The number of amidine groups is 1. The first kappa shape index (κ1) is 21.0. The number of nitrogens with two attached hydrogens (primary N) is 1. The van der Waals surface area contributed by atoms with Crippen LogP contribution in [0.3, 0.4) is 0 Å². The lowest BCUT2D eigenvalue weighted by atomic mass is 9.96. The first-order valence-corrected chi connectivity index (χ1v) is 8.37. The number of methoxy groups -OCH3 is 1. The second-order valence-corrected chi connectivity index (χ2v) is 6.06. The van der Waals surface area contributed by atoms with Gasteiger partial charge in [0.1, 0.15) is 5.69 Å². The Morgan fingerprint density at radius 1 is 1.39 bits per heavy atom. The summed E-state index contributed by atoms with van der Waals surface area (Å²) in [7, 11) is 1.43. The number of amides is 1. The number of hydrogen-bond acceptors (Lipinski definition) is 6. The average Bonchev–Trinajstić information content (AvgIpc) is 2.63. The molecule has 2 rings (SSSR count). The van der Waals surface area contributed by atoms with Gasteiger partial charge in [-0.2, -0.15) is 0 Å². The lowest BCUT2D eigenvalue weighted by Crippen LogP contribution is -2.17. The number of nitrogens with zero attached hydrogens (tertiary/aromatic N) is 2. The number of aromatic nitrogens is 2. The Kier molecular flexibility index (Phi) is 6.80. The summed E-state index contributed by atoms with van der Waals surface area (Å²) in [5.41, 5.74) is 5.61. The van der Waals surface area contributed by atoms with Crippen molar-refractivity contribution < 1.29 is 23.0 Å². The predicted molar refractivity (Wildman–Crippen MR) is 98.5 cm³/mol. The molecule has 0 aliphatic carbocycles. The molecule has 0 aliphatic heterocycles. The zero-order valence-corrected chi connectivity index (χ0v) is 15.7. The van der Waals surface area contributed by atoms with E-state index in [0.29, 0.717) is 12.1 Å². The summed E-state index contributed by atoms with van der Waals surface area (Å²) in [4.78, 5) is 20.5. The summed E-state index contributed by atoms with van der Waals surface area (Å²) < 4.78 is 38.0. The molecule has 0 saturated carbocycles. The first-order valence-electron chi connectivity index (χ1n) is 8.37. The number of carbonyl (C=O) groups is 1. The van der Waals surface area contributed by atoms with Crippen molar-refractivity contribution in [3.63, 3.8) is 0 Å². The van der Waals surface area contributed by atoms with Gasteiger partial charge in [0.05, 0.1) is 25.6 Å². The Bertz CT molecular complexity index is 892. The summed E-state index contributed by atoms with van der Waals surface area (Å²) >= 11 is 0. The minimum atomic E-state index is -1.09. The molecule has 0 spiro atoms. The Balaban J connectivity index is 2.21. The maximum absolute atomic E-state index is 14.2. The Morgan fingerprint density at radius 3 is 2.71 bits per heavy atom. The summed E-state index contributed by atoms with van der Waals surface area (Å²) in [6.07, 6.45) is 1.59. The van der Waals surface area contributed by atoms with Crippen LogP contribution in [0.15, 0.2) is 18.3 Å². The molecule has 150 valence electrons. The topological polar surface area (TPSA) is 123 Å². The Morgan fingerprint density at radius 2 is 2.11 bits per heavy atom. The first-order chi connectivity index (χ1) is 13.2. The summed E-state index contributed by atoms with van der Waals surface area (Å²) in [6, 6.07) is 1.79. The fourth-order valence-electron chi connectivity index (χ4n) is 2.51. The van der Waals surface area contributed by atoms with E-state index in [2.05, 4.69) is 15.3 Å². The van der Waals surface area contributed by atoms with Crippen LogP contribution in [0.25, 0.3) is 0 Å². The van der Waals surface area contributed by atoms with Crippen LogP contribution in [-0.2, 0) is 4.74 Å². The minimum absolute atomic E-state index is 0.0370. The van der Waals surface area contributed by atoms with E-state index in [1.54, 1.807) is 13.8 Å². The molecule has 2 aromatic rings. The zero-order valence-electron chi connectivity index (χ0n) is 15.7. The summed E-state index contributed by atoms with van der Waals surface area (Å²) in [6.45, 7) is 3.33. The maximum atomic E-state index is 14.2. The smallest absolute Gasteiger partial charge is 0.278 e. The van der Waals surface area contributed by atoms with E-state index in [1.807, 2.05) is 0 Å². The third-order valence-corrected chi connectivity index (χ3v) is 4.00. The standard InChI is InChI=1S/C18H21F2N5O3/c1-9(4-5-28-18(21)22)12-6-11(7-13(19)15(12)20)25-17(26)16-10(2)24-14(27-3)8-23-16/h6-9H,4-5H2,1-3H3,(H3,21,22)(H,25,26)/t9-/m1/s1. The van der Waals surface area contributed by atoms with Gasteiger partial charge in [-0.25, -0.2) is 18.7 Å². The summed E-state index contributed by atoms with van der Waals surface area (Å²) in [5.74, 6) is -2.89. The fourth-order valence-corrected chi connectivity index (χ4v) is 2.51. The van der Waals surface area contributed by atoms with Crippen molar-refractivity contribution in [1.29, 1.82) is 5.41 Å². The van der Waals surface area contributed by atoms with Gasteiger partial charge < -0.3 is 20.5 Å². The van der Waals surface area contributed by atoms with Crippen LogP contribution < -0.4 is 15.8 Å². The van der Waals surface area contributed by atoms with E-state index in [1.165, 1.54) is 19.4 Å². The van der Waals surface area contributed by atoms with Crippen molar-refractivity contribution in [2.24, 2.45) is 5.73 Å². The molecular formula is C18H21F2N5O3. The molecule has 1 amide bonds.